The molecule has 27 heavy (non-hydrogen) atoms. The summed E-state index contributed by atoms with van der Waals surface area (Å²) in [5, 5.41) is 4.20. The van der Waals surface area contributed by atoms with Gasteiger partial charge in [0.1, 0.15) is 18.0 Å². The first-order chi connectivity index (χ1) is 12.8. The van der Waals surface area contributed by atoms with Crippen molar-refractivity contribution in [3.05, 3.63) is 75.9 Å². The lowest BCUT2D eigenvalue weighted by molar-refractivity contribution is 0.245. The maximum absolute atomic E-state index is 14.2. The predicted molar refractivity (Wildman–Crippen MR) is 97.6 cm³/mol. The van der Waals surface area contributed by atoms with E-state index in [0.717, 1.165) is 32.6 Å². The Morgan fingerprint density at radius 1 is 1.19 bits per heavy atom. The number of hydrogen-bond acceptors (Lipinski definition) is 3. The van der Waals surface area contributed by atoms with Gasteiger partial charge in [-0.2, -0.15) is 14.3 Å². The van der Waals surface area contributed by atoms with Gasteiger partial charge < -0.3 is 0 Å². The van der Waals surface area contributed by atoms with Gasteiger partial charge in [-0.15, -0.1) is 0 Å². The lowest BCUT2D eigenvalue weighted by Crippen LogP contribution is -2.44. The van der Waals surface area contributed by atoms with E-state index in [2.05, 4.69) is 5.10 Å². The molecule has 0 aliphatic rings. The minimum Gasteiger partial charge on any atom is -0.288 e. The van der Waals surface area contributed by atoms with E-state index in [1.165, 1.54) is 0 Å². The molecule has 3 rings (SSSR count). The summed E-state index contributed by atoms with van der Waals surface area (Å²) >= 11 is 6.07. The van der Waals surface area contributed by atoms with Crippen LogP contribution in [-0.2, 0) is 0 Å². The highest BCUT2D eigenvalue weighted by Gasteiger charge is 2.26. The van der Waals surface area contributed by atoms with E-state index >= 15 is 0 Å². The third kappa shape index (κ3) is 3.48. The molecule has 0 saturated heterocycles. The molecule has 0 spiro atoms. The zero-order valence-corrected chi connectivity index (χ0v) is 15.2. The molecule has 0 atom stereocenters. The van der Waals surface area contributed by atoms with Crippen LogP contribution in [-0.4, -0.2) is 26.4 Å². The molecule has 0 aliphatic carbocycles. The Morgan fingerprint density at radius 2 is 1.89 bits per heavy atom. The fourth-order valence-electron chi connectivity index (χ4n) is 2.62. The second kappa shape index (κ2) is 7.32. The van der Waals surface area contributed by atoms with Crippen molar-refractivity contribution in [2.75, 3.05) is 4.90 Å². The summed E-state index contributed by atoms with van der Waals surface area (Å²) in [6.45, 7) is 3.29. The molecule has 6 nitrogen and oxygen atoms in total. The SMILES string of the molecule is CC(C)N(C(=O)n1cnn(-c2ccccc2Cl)c1=O)c1ccc(F)cc1F. The molecule has 1 aromatic heterocycles. The molecule has 0 saturated carbocycles. The van der Waals surface area contributed by atoms with E-state index in [9.17, 15) is 18.4 Å². The van der Waals surface area contributed by atoms with Crippen molar-refractivity contribution in [3.63, 3.8) is 0 Å². The highest BCUT2D eigenvalue weighted by Crippen LogP contribution is 2.23. The summed E-state index contributed by atoms with van der Waals surface area (Å²) in [4.78, 5) is 26.6. The van der Waals surface area contributed by atoms with Crippen LogP contribution >= 0.6 is 11.6 Å². The first-order valence-corrected chi connectivity index (χ1v) is 8.39. The fourth-order valence-corrected chi connectivity index (χ4v) is 2.83. The summed E-state index contributed by atoms with van der Waals surface area (Å²) in [6, 6.07) is 8.05. The summed E-state index contributed by atoms with van der Waals surface area (Å²) in [7, 11) is 0. The molecule has 0 bridgehead atoms. The topological polar surface area (TPSA) is 60.1 Å². The summed E-state index contributed by atoms with van der Waals surface area (Å²) in [5.74, 6) is -1.68. The van der Waals surface area contributed by atoms with Gasteiger partial charge in [0.05, 0.1) is 16.4 Å². The van der Waals surface area contributed by atoms with Crippen molar-refractivity contribution in [1.29, 1.82) is 0 Å². The number of aromatic nitrogens is 3. The Balaban J connectivity index is 2.06. The lowest BCUT2D eigenvalue weighted by Gasteiger charge is -2.26. The standard InChI is InChI=1S/C18H15ClF2N4O2/c1-11(2)24(16-8-7-12(20)9-14(16)21)17(26)23-10-22-25(18(23)27)15-6-4-3-5-13(15)19/h3-11H,1-2H3. The van der Waals surface area contributed by atoms with Crippen LogP contribution in [0.1, 0.15) is 13.8 Å². The van der Waals surface area contributed by atoms with E-state index in [-0.39, 0.29) is 10.7 Å². The van der Waals surface area contributed by atoms with Gasteiger partial charge in [-0.1, -0.05) is 23.7 Å². The minimum atomic E-state index is -0.913. The highest BCUT2D eigenvalue weighted by molar-refractivity contribution is 6.32. The maximum atomic E-state index is 14.2. The predicted octanol–water partition coefficient (Wildman–Crippen LogP) is 3.85. The molecular weight excluding hydrogens is 378 g/mol. The Kier molecular flexibility index (Phi) is 5.09. The number of anilines is 1. The zero-order valence-electron chi connectivity index (χ0n) is 14.4. The molecule has 9 heteroatoms. The number of carbonyl (C=O) groups is 1. The lowest BCUT2D eigenvalue weighted by atomic mass is 10.2. The van der Waals surface area contributed by atoms with Crippen molar-refractivity contribution in [2.45, 2.75) is 19.9 Å². The molecule has 0 fully saturated rings. The van der Waals surface area contributed by atoms with Crippen LogP contribution in [0, 0.1) is 11.6 Å². The Hall–Kier alpha value is -3.00. The highest BCUT2D eigenvalue weighted by atomic mass is 35.5. The van der Waals surface area contributed by atoms with Crippen LogP contribution < -0.4 is 10.6 Å². The quantitative estimate of drug-likeness (QED) is 0.680. The van der Waals surface area contributed by atoms with E-state index in [0.29, 0.717) is 11.8 Å². The number of rotatable bonds is 3. The molecule has 0 unspecified atom stereocenters. The van der Waals surface area contributed by atoms with Gasteiger partial charge in [-0.3, -0.25) is 4.90 Å². The van der Waals surface area contributed by atoms with Crippen molar-refractivity contribution in [3.8, 4) is 5.69 Å². The molecule has 140 valence electrons. The summed E-state index contributed by atoms with van der Waals surface area (Å²) < 4.78 is 29.1. The number of benzene rings is 2. The smallest absolute Gasteiger partial charge is 0.288 e. The normalized spacial score (nSPS) is 11.0. The Morgan fingerprint density at radius 3 is 2.52 bits per heavy atom. The van der Waals surface area contributed by atoms with Crippen molar-refractivity contribution in [1.82, 2.24) is 14.3 Å². The molecule has 3 aromatic rings. The largest absolute Gasteiger partial charge is 0.358 e. The van der Waals surface area contributed by atoms with E-state index in [1.54, 1.807) is 38.1 Å². The number of amides is 1. The zero-order chi connectivity index (χ0) is 19.7. The second-order valence-electron chi connectivity index (χ2n) is 5.99. The Labute approximate surface area is 158 Å². The van der Waals surface area contributed by atoms with Crippen molar-refractivity contribution < 1.29 is 13.6 Å². The number of nitrogens with zero attached hydrogens (tertiary/aromatic N) is 4. The fraction of sp³-hybridized carbons (Fsp3) is 0.167. The van der Waals surface area contributed by atoms with E-state index < -0.39 is 29.4 Å². The van der Waals surface area contributed by atoms with Crippen LogP contribution in [0.4, 0.5) is 19.3 Å². The monoisotopic (exact) mass is 392 g/mol. The number of carbonyl (C=O) groups excluding carboxylic acids is 1. The minimum absolute atomic E-state index is 0.145. The third-order valence-corrected chi connectivity index (χ3v) is 4.17. The van der Waals surface area contributed by atoms with Gasteiger partial charge >= 0.3 is 11.7 Å². The van der Waals surface area contributed by atoms with Crippen molar-refractivity contribution in [2.24, 2.45) is 0 Å². The molecule has 1 amide bonds. The van der Waals surface area contributed by atoms with Gasteiger partial charge in [0.15, 0.2) is 0 Å². The first kappa shape index (κ1) is 18.8. The van der Waals surface area contributed by atoms with Gasteiger partial charge in [0, 0.05) is 12.1 Å². The Bertz CT molecular complexity index is 1060. The van der Waals surface area contributed by atoms with Gasteiger partial charge in [-0.25, -0.2) is 18.4 Å². The molecule has 0 aliphatic heterocycles. The maximum Gasteiger partial charge on any atom is 0.358 e. The molecule has 2 aromatic carbocycles. The third-order valence-electron chi connectivity index (χ3n) is 3.85. The van der Waals surface area contributed by atoms with Crippen molar-refractivity contribution >= 4 is 23.3 Å². The number of halogens is 3. The average molecular weight is 393 g/mol. The average Bonchev–Trinajstić information content (AvgIpc) is 2.98. The molecule has 0 N–H and O–H groups in total. The molecular formula is C18H15ClF2N4O2. The van der Waals surface area contributed by atoms with Gasteiger partial charge in [0.2, 0.25) is 0 Å². The van der Waals surface area contributed by atoms with Crippen LogP contribution in [0.25, 0.3) is 5.69 Å². The number of hydrogen-bond donors (Lipinski definition) is 0. The van der Waals surface area contributed by atoms with Gasteiger partial charge in [-0.05, 0) is 38.1 Å². The van der Waals surface area contributed by atoms with E-state index in [1.807, 2.05) is 0 Å². The molecule has 1 heterocycles. The number of para-hydroxylation sites is 1. The van der Waals surface area contributed by atoms with Gasteiger partial charge in [0.25, 0.3) is 0 Å². The van der Waals surface area contributed by atoms with Crippen LogP contribution in [0.5, 0.6) is 0 Å². The van der Waals surface area contributed by atoms with E-state index in [4.69, 9.17) is 11.6 Å². The first-order valence-electron chi connectivity index (χ1n) is 8.01. The van der Waals surface area contributed by atoms with Crippen LogP contribution in [0.15, 0.2) is 53.6 Å². The van der Waals surface area contributed by atoms with Crippen LogP contribution in [0.3, 0.4) is 0 Å². The summed E-state index contributed by atoms with van der Waals surface area (Å²) in [6.07, 6.45) is 1.03. The second-order valence-corrected chi connectivity index (χ2v) is 6.40. The summed E-state index contributed by atoms with van der Waals surface area (Å²) in [5.41, 5.74) is -0.602. The molecule has 0 radical (unpaired) electrons. The van der Waals surface area contributed by atoms with Crippen LogP contribution in [0.2, 0.25) is 5.02 Å².